The van der Waals surface area contributed by atoms with E-state index in [4.69, 9.17) is 5.11 Å². The monoisotopic (exact) mass is 264 g/mol. The van der Waals surface area contributed by atoms with Crippen LogP contribution in [0.5, 0.6) is 0 Å². The van der Waals surface area contributed by atoms with E-state index in [-0.39, 0.29) is 12.3 Å². The van der Waals surface area contributed by atoms with Gasteiger partial charge in [0.1, 0.15) is 0 Å². The van der Waals surface area contributed by atoms with Crippen molar-refractivity contribution in [2.75, 3.05) is 11.9 Å². The van der Waals surface area contributed by atoms with Crippen LogP contribution in [0.15, 0.2) is 24.3 Å². The normalized spacial score (nSPS) is 11.5. The number of rotatable bonds is 4. The summed E-state index contributed by atoms with van der Waals surface area (Å²) in [6, 6.07) is 6.20. The number of ketones is 1. The lowest BCUT2D eigenvalue weighted by Crippen LogP contribution is -2.38. The van der Waals surface area contributed by atoms with Gasteiger partial charge in [0.05, 0.1) is 6.10 Å². The molecule has 6 heteroatoms. The number of Topliss-reactive ketones (excluding diaryl/α,β-unsaturated/α-hetero) is 1. The van der Waals surface area contributed by atoms with Gasteiger partial charge in [-0.2, -0.15) is 0 Å². The molecule has 0 spiro atoms. The Bertz CT molecular complexity index is 480. The number of anilines is 1. The first kappa shape index (κ1) is 14.8. The molecule has 0 heterocycles. The van der Waals surface area contributed by atoms with Crippen molar-refractivity contribution in [2.24, 2.45) is 0 Å². The summed E-state index contributed by atoms with van der Waals surface area (Å²) in [6.07, 6.45) is -0.716. The second-order valence-electron chi connectivity index (χ2n) is 4.15. The summed E-state index contributed by atoms with van der Waals surface area (Å²) < 4.78 is 0. The van der Waals surface area contributed by atoms with Crippen molar-refractivity contribution in [3.8, 4) is 0 Å². The number of hydrogen-bond donors (Lipinski definition) is 3. The molecule has 3 N–H and O–H groups in total. The third kappa shape index (κ3) is 4.89. The van der Waals surface area contributed by atoms with Crippen LogP contribution < -0.4 is 10.6 Å². The van der Waals surface area contributed by atoms with Crippen molar-refractivity contribution in [1.82, 2.24) is 5.32 Å². The van der Waals surface area contributed by atoms with Crippen molar-refractivity contribution in [3.05, 3.63) is 29.8 Å². The molecule has 1 unspecified atom stereocenters. The van der Waals surface area contributed by atoms with Gasteiger partial charge in [0.2, 0.25) is 0 Å². The molecule has 6 nitrogen and oxygen atoms in total. The Labute approximate surface area is 110 Å². The van der Waals surface area contributed by atoms with E-state index in [9.17, 15) is 14.4 Å². The summed E-state index contributed by atoms with van der Waals surface area (Å²) in [5.74, 6) is -1.72. The first-order valence-electron chi connectivity index (χ1n) is 5.78. The zero-order valence-electron chi connectivity index (χ0n) is 10.8. The largest absolute Gasteiger partial charge is 0.392 e. The molecule has 0 bridgehead atoms. The highest BCUT2D eigenvalue weighted by atomic mass is 16.3. The molecule has 102 valence electrons. The minimum absolute atomic E-state index is 0.00945. The van der Waals surface area contributed by atoms with E-state index in [1.165, 1.54) is 26.0 Å². The van der Waals surface area contributed by atoms with Gasteiger partial charge in [0, 0.05) is 17.8 Å². The molecular weight excluding hydrogens is 248 g/mol. The highest BCUT2D eigenvalue weighted by Gasteiger charge is 2.13. The van der Waals surface area contributed by atoms with E-state index in [1.807, 2.05) is 0 Å². The molecule has 1 aromatic rings. The summed E-state index contributed by atoms with van der Waals surface area (Å²) in [6.45, 7) is 2.95. The molecule has 0 saturated heterocycles. The molecule has 1 rings (SSSR count). The van der Waals surface area contributed by atoms with E-state index in [0.29, 0.717) is 11.3 Å². The molecule has 0 aromatic heterocycles. The van der Waals surface area contributed by atoms with Gasteiger partial charge in [-0.15, -0.1) is 0 Å². The van der Waals surface area contributed by atoms with Crippen molar-refractivity contribution >= 4 is 23.3 Å². The molecule has 0 aliphatic heterocycles. The summed E-state index contributed by atoms with van der Waals surface area (Å²) >= 11 is 0. The quantitative estimate of drug-likeness (QED) is 0.539. The number of hydrogen-bond acceptors (Lipinski definition) is 4. The van der Waals surface area contributed by atoms with E-state index in [1.54, 1.807) is 12.1 Å². The summed E-state index contributed by atoms with van der Waals surface area (Å²) in [7, 11) is 0. The van der Waals surface area contributed by atoms with Crippen LogP contribution in [0.1, 0.15) is 24.2 Å². The van der Waals surface area contributed by atoms with E-state index < -0.39 is 17.9 Å². The van der Waals surface area contributed by atoms with Crippen LogP contribution in [0.4, 0.5) is 5.69 Å². The van der Waals surface area contributed by atoms with E-state index >= 15 is 0 Å². The van der Waals surface area contributed by atoms with E-state index in [2.05, 4.69) is 10.6 Å². The lowest BCUT2D eigenvalue weighted by atomic mass is 10.1. The number of benzene rings is 1. The number of carbonyl (C=O) groups excluding carboxylic acids is 3. The van der Waals surface area contributed by atoms with Gasteiger partial charge in [-0.3, -0.25) is 14.4 Å². The molecular formula is C13H16N2O4. The highest BCUT2D eigenvalue weighted by Crippen LogP contribution is 2.09. The van der Waals surface area contributed by atoms with Crippen molar-refractivity contribution in [3.63, 3.8) is 0 Å². The smallest absolute Gasteiger partial charge is 0.313 e. The van der Waals surface area contributed by atoms with Gasteiger partial charge < -0.3 is 15.7 Å². The van der Waals surface area contributed by atoms with Gasteiger partial charge >= 0.3 is 11.8 Å². The summed E-state index contributed by atoms with van der Waals surface area (Å²) in [5.41, 5.74) is 0.943. The maximum absolute atomic E-state index is 11.5. The Balaban J connectivity index is 2.56. The standard InChI is InChI=1S/C13H16N2O4/c1-8(16)7-14-12(18)13(19)15-11-5-3-10(4-6-11)9(2)17/h3-6,8,16H,7H2,1-2H3,(H,14,18)(H,15,19). The average molecular weight is 264 g/mol. The first-order chi connectivity index (χ1) is 8.90. The molecule has 1 atom stereocenters. The van der Waals surface area contributed by atoms with Crippen molar-refractivity contribution in [1.29, 1.82) is 0 Å². The molecule has 19 heavy (non-hydrogen) atoms. The molecule has 0 fully saturated rings. The predicted octanol–water partition coefficient (Wildman–Crippen LogP) is 0.325. The van der Waals surface area contributed by atoms with Gasteiger partial charge in [-0.05, 0) is 38.1 Å². The third-order valence-electron chi connectivity index (χ3n) is 2.31. The SMILES string of the molecule is CC(=O)c1ccc(NC(=O)C(=O)NCC(C)O)cc1. The summed E-state index contributed by atoms with van der Waals surface area (Å²) in [5, 5.41) is 13.6. The second-order valence-corrected chi connectivity index (χ2v) is 4.15. The van der Waals surface area contributed by atoms with Crippen LogP contribution >= 0.6 is 0 Å². The fourth-order valence-electron chi connectivity index (χ4n) is 1.30. The Morgan fingerprint density at radius 1 is 1.16 bits per heavy atom. The average Bonchev–Trinajstić information content (AvgIpc) is 2.36. The van der Waals surface area contributed by atoms with Gasteiger partial charge in [-0.1, -0.05) is 0 Å². The Hall–Kier alpha value is -2.21. The number of nitrogens with one attached hydrogen (secondary N) is 2. The zero-order chi connectivity index (χ0) is 14.4. The minimum Gasteiger partial charge on any atom is -0.392 e. The lowest BCUT2D eigenvalue weighted by Gasteiger charge is -2.08. The fourth-order valence-corrected chi connectivity index (χ4v) is 1.30. The van der Waals surface area contributed by atoms with E-state index in [0.717, 1.165) is 0 Å². The molecule has 0 radical (unpaired) electrons. The first-order valence-corrected chi connectivity index (χ1v) is 5.78. The Kier molecular flexibility index (Phi) is 5.20. The van der Waals surface area contributed by atoms with Gasteiger partial charge in [0.15, 0.2) is 5.78 Å². The molecule has 1 aromatic carbocycles. The maximum Gasteiger partial charge on any atom is 0.313 e. The Morgan fingerprint density at radius 2 is 1.74 bits per heavy atom. The van der Waals surface area contributed by atoms with Crippen LogP contribution in [-0.4, -0.2) is 35.4 Å². The van der Waals surface area contributed by atoms with Gasteiger partial charge in [-0.25, -0.2) is 0 Å². The predicted molar refractivity (Wildman–Crippen MR) is 69.8 cm³/mol. The zero-order valence-corrected chi connectivity index (χ0v) is 10.8. The van der Waals surface area contributed by atoms with Crippen LogP contribution in [-0.2, 0) is 9.59 Å². The van der Waals surface area contributed by atoms with Crippen molar-refractivity contribution < 1.29 is 19.5 Å². The van der Waals surface area contributed by atoms with Gasteiger partial charge in [0.25, 0.3) is 0 Å². The molecule has 0 aliphatic carbocycles. The molecule has 2 amide bonds. The van der Waals surface area contributed by atoms with Crippen molar-refractivity contribution in [2.45, 2.75) is 20.0 Å². The number of amides is 2. The number of aliphatic hydroxyl groups excluding tert-OH is 1. The molecule has 0 aliphatic rings. The number of aliphatic hydroxyl groups is 1. The van der Waals surface area contributed by atoms with Crippen LogP contribution in [0.2, 0.25) is 0 Å². The van der Waals surface area contributed by atoms with Crippen LogP contribution in [0, 0.1) is 0 Å². The molecule has 0 saturated carbocycles. The topological polar surface area (TPSA) is 95.5 Å². The Morgan fingerprint density at radius 3 is 2.21 bits per heavy atom. The maximum atomic E-state index is 11.5. The number of carbonyl (C=O) groups is 3. The fraction of sp³-hybridized carbons (Fsp3) is 0.308. The van der Waals surface area contributed by atoms with Crippen LogP contribution in [0.25, 0.3) is 0 Å². The summed E-state index contributed by atoms with van der Waals surface area (Å²) in [4.78, 5) is 33.9. The highest BCUT2D eigenvalue weighted by molar-refractivity contribution is 6.39. The lowest BCUT2D eigenvalue weighted by molar-refractivity contribution is -0.136. The minimum atomic E-state index is -0.823. The van der Waals surface area contributed by atoms with Crippen LogP contribution in [0.3, 0.4) is 0 Å². The second kappa shape index (κ2) is 6.65. The third-order valence-corrected chi connectivity index (χ3v) is 2.31.